The largest absolute Gasteiger partial charge is 0.486 e. The molecule has 0 aliphatic carbocycles. The molecule has 0 bridgehead atoms. The lowest BCUT2D eigenvalue weighted by atomic mass is 10.2. The van der Waals surface area contributed by atoms with E-state index in [0.717, 1.165) is 11.4 Å². The number of nitrogens with one attached hydrogen (secondary N) is 1. The molecule has 0 radical (unpaired) electrons. The molecule has 1 aliphatic rings. The number of esters is 1. The quantitative estimate of drug-likeness (QED) is 0.630. The van der Waals surface area contributed by atoms with Gasteiger partial charge in [0.2, 0.25) is 0 Å². The molecular weight excluding hydrogens is 378 g/mol. The van der Waals surface area contributed by atoms with Crippen molar-refractivity contribution >= 4 is 17.7 Å². The molecule has 1 amide bonds. The van der Waals surface area contributed by atoms with Crippen molar-refractivity contribution in [2.75, 3.05) is 19.8 Å². The van der Waals surface area contributed by atoms with Gasteiger partial charge < -0.3 is 19.5 Å². The summed E-state index contributed by atoms with van der Waals surface area (Å²) in [6.07, 6.45) is -0.332. The van der Waals surface area contributed by atoms with Gasteiger partial charge >= 0.3 is 5.97 Å². The zero-order chi connectivity index (χ0) is 20.4. The Balaban J connectivity index is 1.28. The zero-order valence-corrected chi connectivity index (χ0v) is 15.9. The molecular formula is C19H19N5O5. The molecule has 1 aromatic carbocycles. The van der Waals surface area contributed by atoms with Gasteiger partial charge in [-0.2, -0.15) is 4.98 Å². The lowest BCUT2D eigenvalue weighted by Gasteiger charge is -2.26. The molecule has 1 N–H and O–H groups in total. The lowest BCUT2D eigenvalue weighted by Crippen LogP contribution is -2.42. The van der Waals surface area contributed by atoms with Crippen molar-refractivity contribution in [3.05, 3.63) is 47.5 Å². The van der Waals surface area contributed by atoms with E-state index < -0.39 is 18.5 Å². The van der Waals surface area contributed by atoms with Crippen LogP contribution >= 0.6 is 0 Å². The maximum atomic E-state index is 12.1. The number of rotatable bonds is 5. The van der Waals surface area contributed by atoms with E-state index in [1.165, 1.54) is 4.52 Å². The van der Waals surface area contributed by atoms with Crippen LogP contribution in [0.25, 0.3) is 5.78 Å². The van der Waals surface area contributed by atoms with Gasteiger partial charge in [-0.15, -0.1) is 5.10 Å². The van der Waals surface area contributed by atoms with Crippen LogP contribution in [0.1, 0.15) is 22.0 Å². The van der Waals surface area contributed by atoms with E-state index in [-0.39, 0.29) is 18.5 Å². The maximum absolute atomic E-state index is 12.1. The molecule has 1 atom stereocenters. The van der Waals surface area contributed by atoms with Gasteiger partial charge in [0.25, 0.3) is 17.5 Å². The van der Waals surface area contributed by atoms with Crippen LogP contribution in [0.15, 0.2) is 30.3 Å². The van der Waals surface area contributed by atoms with Gasteiger partial charge in [0.1, 0.15) is 12.7 Å². The van der Waals surface area contributed by atoms with Gasteiger partial charge in [-0.1, -0.05) is 12.1 Å². The number of ether oxygens (including phenoxy) is 3. The van der Waals surface area contributed by atoms with Crippen LogP contribution in [0, 0.1) is 13.8 Å². The van der Waals surface area contributed by atoms with Crippen LogP contribution in [0.3, 0.4) is 0 Å². The van der Waals surface area contributed by atoms with Gasteiger partial charge in [0.15, 0.2) is 18.1 Å². The van der Waals surface area contributed by atoms with Crippen molar-refractivity contribution in [3.63, 3.8) is 0 Å². The SMILES string of the molecule is Cc1cc(C)n2nc(C(=O)OCC(=O)NC[C@H]3COc4ccccc4O3)nc2n1. The van der Waals surface area contributed by atoms with E-state index in [1.807, 2.05) is 38.1 Å². The Hall–Kier alpha value is -3.69. The Labute approximate surface area is 165 Å². The summed E-state index contributed by atoms with van der Waals surface area (Å²) in [7, 11) is 0. The number of aryl methyl sites for hydroxylation is 2. The van der Waals surface area contributed by atoms with Crippen LogP contribution in [-0.2, 0) is 9.53 Å². The average molecular weight is 397 g/mol. The summed E-state index contributed by atoms with van der Waals surface area (Å²) in [4.78, 5) is 32.4. The first-order valence-electron chi connectivity index (χ1n) is 9.03. The first-order valence-corrected chi connectivity index (χ1v) is 9.03. The first-order chi connectivity index (χ1) is 14.0. The molecule has 150 valence electrons. The number of aromatic nitrogens is 4. The monoisotopic (exact) mass is 397 g/mol. The number of carbonyl (C=O) groups excluding carboxylic acids is 2. The van der Waals surface area contributed by atoms with Gasteiger partial charge in [-0.3, -0.25) is 4.79 Å². The summed E-state index contributed by atoms with van der Waals surface area (Å²) in [6, 6.07) is 9.13. The van der Waals surface area contributed by atoms with E-state index in [2.05, 4.69) is 20.4 Å². The van der Waals surface area contributed by atoms with Crippen LogP contribution in [0.4, 0.5) is 0 Å². The van der Waals surface area contributed by atoms with Crippen molar-refractivity contribution in [2.24, 2.45) is 0 Å². The van der Waals surface area contributed by atoms with E-state index >= 15 is 0 Å². The van der Waals surface area contributed by atoms with Crippen molar-refractivity contribution in [3.8, 4) is 11.5 Å². The smallest absolute Gasteiger partial charge is 0.378 e. The second-order valence-corrected chi connectivity index (χ2v) is 6.56. The third kappa shape index (κ3) is 4.10. The molecule has 0 fully saturated rings. The van der Waals surface area contributed by atoms with Crippen LogP contribution in [-0.4, -0.2) is 57.3 Å². The molecule has 3 aromatic rings. The fraction of sp³-hybridized carbons (Fsp3) is 0.316. The van der Waals surface area contributed by atoms with Crippen LogP contribution in [0.2, 0.25) is 0 Å². The molecule has 1 aliphatic heterocycles. The molecule has 2 aromatic heterocycles. The number of hydrogen-bond donors (Lipinski definition) is 1. The Morgan fingerprint density at radius 2 is 2.03 bits per heavy atom. The maximum Gasteiger partial charge on any atom is 0.378 e. The minimum atomic E-state index is -0.797. The van der Waals surface area contributed by atoms with Crippen molar-refractivity contribution in [1.29, 1.82) is 0 Å². The number of benzene rings is 1. The van der Waals surface area contributed by atoms with E-state index in [1.54, 1.807) is 6.07 Å². The molecule has 10 heteroatoms. The van der Waals surface area contributed by atoms with Crippen molar-refractivity contribution in [1.82, 2.24) is 24.9 Å². The topological polar surface area (TPSA) is 117 Å². The molecule has 0 saturated heterocycles. The first kappa shape index (κ1) is 18.7. The fourth-order valence-electron chi connectivity index (χ4n) is 2.89. The Morgan fingerprint density at radius 3 is 2.86 bits per heavy atom. The molecule has 0 saturated carbocycles. The molecule has 0 unspecified atom stereocenters. The van der Waals surface area contributed by atoms with Gasteiger partial charge in [0, 0.05) is 11.4 Å². The highest BCUT2D eigenvalue weighted by molar-refractivity contribution is 5.88. The third-order valence-corrected chi connectivity index (χ3v) is 4.23. The number of amides is 1. The summed E-state index contributed by atoms with van der Waals surface area (Å²) in [6.45, 7) is 3.73. The highest BCUT2D eigenvalue weighted by Gasteiger charge is 2.22. The van der Waals surface area contributed by atoms with E-state index in [4.69, 9.17) is 14.2 Å². The van der Waals surface area contributed by atoms with Crippen LogP contribution in [0.5, 0.6) is 11.5 Å². The molecule has 29 heavy (non-hydrogen) atoms. The lowest BCUT2D eigenvalue weighted by molar-refractivity contribution is -0.124. The molecule has 10 nitrogen and oxygen atoms in total. The second-order valence-electron chi connectivity index (χ2n) is 6.56. The van der Waals surface area contributed by atoms with Crippen LogP contribution < -0.4 is 14.8 Å². The number of fused-ring (bicyclic) bond motifs is 2. The third-order valence-electron chi connectivity index (χ3n) is 4.23. The zero-order valence-electron chi connectivity index (χ0n) is 15.9. The Bertz CT molecular complexity index is 1080. The summed E-state index contributed by atoms with van der Waals surface area (Å²) in [5, 5.41) is 6.73. The standard InChI is InChI=1S/C19H19N5O5/c1-11-7-12(2)24-19(21-11)22-17(23-24)18(26)28-10-16(25)20-8-13-9-27-14-5-3-4-6-15(14)29-13/h3-7,13H,8-10H2,1-2H3,(H,20,25)/t13-/m0/s1. The van der Waals surface area contributed by atoms with Crippen molar-refractivity contribution in [2.45, 2.75) is 20.0 Å². The van der Waals surface area contributed by atoms with E-state index in [9.17, 15) is 9.59 Å². The summed E-state index contributed by atoms with van der Waals surface area (Å²) in [5.74, 6) is 0.183. The van der Waals surface area contributed by atoms with E-state index in [0.29, 0.717) is 23.9 Å². The highest BCUT2D eigenvalue weighted by atomic mass is 16.6. The average Bonchev–Trinajstić information content (AvgIpc) is 3.15. The van der Waals surface area contributed by atoms with Gasteiger partial charge in [0.05, 0.1) is 6.54 Å². The number of hydrogen-bond acceptors (Lipinski definition) is 8. The molecule has 0 spiro atoms. The predicted octanol–water partition coefficient (Wildman–Crippen LogP) is 0.854. The normalized spacial score (nSPS) is 15.2. The number of carbonyl (C=O) groups is 2. The number of para-hydroxylation sites is 2. The Morgan fingerprint density at radius 1 is 1.24 bits per heavy atom. The van der Waals surface area contributed by atoms with Gasteiger partial charge in [-0.25, -0.2) is 14.3 Å². The highest BCUT2D eigenvalue weighted by Crippen LogP contribution is 2.30. The summed E-state index contributed by atoms with van der Waals surface area (Å²) >= 11 is 0. The fourth-order valence-corrected chi connectivity index (χ4v) is 2.89. The van der Waals surface area contributed by atoms with Crippen molar-refractivity contribution < 1.29 is 23.8 Å². The second kappa shape index (κ2) is 7.74. The summed E-state index contributed by atoms with van der Waals surface area (Å²) in [5.41, 5.74) is 1.55. The minimum Gasteiger partial charge on any atom is -0.486 e. The van der Waals surface area contributed by atoms with Gasteiger partial charge in [-0.05, 0) is 32.0 Å². The minimum absolute atomic E-state index is 0.153. The molecule has 4 rings (SSSR count). The molecule has 3 heterocycles. The Kier molecular flexibility index (Phi) is 4.98. The predicted molar refractivity (Wildman–Crippen MR) is 99.9 cm³/mol. The summed E-state index contributed by atoms with van der Waals surface area (Å²) < 4.78 is 17.8. The number of nitrogens with zero attached hydrogens (tertiary/aromatic N) is 4.